The highest BCUT2D eigenvalue weighted by molar-refractivity contribution is 5.38. The van der Waals surface area contributed by atoms with Gasteiger partial charge in [-0.3, -0.25) is 0 Å². The van der Waals surface area contributed by atoms with Crippen LogP contribution in [-0.4, -0.2) is 48.3 Å². The van der Waals surface area contributed by atoms with Crippen molar-refractivity contribution >= 4 is 0 Å². The maximum absolute atomic E-state index is 11.8. The molecule has 0 amide bonds. The average Bonchev–Trinajstić information content (AvgIpc) is 3.22. The predicted octanol–water partition coefficient (Wildman–Crippen LogP) is 10.1. The number of aliphatic hydroxyl groups is 1. The summed E-state index contributed by atoms with van der Waals surface area (Å²) in [6.45, 7) is 11.9. The summed E-state index contributed by atoms with van der Waals surface area (Å²) in [6, 6.07) is 45.9. The zero-order valence-electron chi connectivity index (χ0n) is 33.2. The minimum Gasteiger partial charge on any atom is -0.388 e. The Hall–Kier alpha value is -4.40. The fraction of sp³-hybridized carbons (Fsp3) is 0.360. The van der Waals surface area contributed by atoms with Crippen molar-refractivity contribution in [2.75, 3.05) is 13.2 Å². The number of hydrogen-bond donors (Lipinski definition) is 1. The van der Waals surface area contributed by atoms with E-state index in [1.807, 2.05) is 66.7 Å². The van der Waals surface area contributed by atoms with E-state index in [2.05, 4.69) is 80.2 Å². The van der Waals surface area contributed by atoms with Crippen molar-refractivity contribution in [1.82, 2.24) is 0 Å². The highest BCUT2D eigenvalue weighted by atomic mass is 16.6. The number of aryl methyl sites for hydroxylation is 2. The van der Waals surface area contributed by atoms with E-state index in [1.54, 1.807) is 19.9 Å². The van der Waals surface area contributed by atoms with E-state index in [4.69, 9.17) is 23.7 Å². The third-order valence-electron chi connectivity index (χ3n) is 10.4. The molecule has 1 aliphatic rings. The summed E-state index contributed by atoms with van der Waals surface area (Å²) in [7, 11) is 0. The van der Waals surface area contributed by atoms with E-state index >= 15 is 0 Å². The van der Waals surface area contributed by atoms with Crippen molar-refractivity contribution in [3.05, 3.63) is 191 Å². The average molecular weight is 755 g/mol. The summed E-state index contributed by atoms with van der Waals surface area (Å²) in [4.78, 5) is 0. The molecule has 0 radical (unpaired) electrons. The lowest BCUT2D eigenvalue weighted by molar-refractivity contribution is -0.294. The molecule has 6 nitrogen and oxygen atoms in total. The maximum atomic E-state index is 11.8. The Balaban J connectivity index is 1.30. The van der Waals surface area contributed by atoms with Crippen molar-refractivity contribution in [2.45, 2.75) is 102 Å². The molecule has 0 spiro atoms. The molecule has 0 aliphatic carbocycles. The lowest BCUT2D eigenvalue weighted by Crippen LogP contribution is -2.62. The van der Waals surface area contributed by atoms with E-state index < -0.39 is 36.1 Å². The second-order valence-electron chi connectivity index (χ2n) is 15.4. The van der Waals surface area contributed by atoms with Gasteiger partial charge in [-0.15, -0.1) is 6.58 Å². The molecule has 0 aromatic heterocycles. The number of ether oxygens (including phenoxy) is 5. The fourth-order valence-electron chi connectivity index (χ4n) is 7.34. The molecule has 1 fully saturated rings. The molecule has 5 aromatic carbocycles. The minimum atomic E-state index is -1.26. The van der Waals surface area contributed by atoms with Gasteiger partial charge in [0.05, 0.1) is 32.0 Å². The summed E-state index contributed by atoms with van der Waals surface area (Å²) in [5, 5.41) is 11.8. The predicted molar refractivity (Wildman–Crippen MR) is 223 cm³/mol. The van der Waals surface area contributed by atoms with Crippen LogP contribution in [0.5, 0.6) is 0 Å². The Morgan fingerprint density at radius 2 is 1.18 bits per heavy atom. The molecule has 3 unspecified atom stereocenters. The molecule has 1 heterocycles. The van der Waals surface area contributed by atoms with Crippen molar-refractivity contribution in [1.29, 1.82) is 0 Å². The molecule has 5 aromatic rings. The van der Waals surface area contributed by atoms with Gasteiger partial charge in [0.25, 0.3) is 0 Å². The van der Waals surface area contributed by atoms with Gasteiger partial charge in [-0.05, 0) is 91.0 Å². The monoisotopic (exact) mass is 754 g/mol. The molecule has 1 saturated heterocycles. The van der Waals surface area contributed by atoms with Crippen molar-refractivity contribution < 1.29 is 28.8 Å². The molecule has 6 rings (SSSR count). The normalized spacial score (nSPS) is 19.8. The molecule has 0 bridgehead atoms. The van der Waals surface area contributed by atoms with Crippen LogP contribution in [0.1, 0.15) is 77.3 Å². The summed E-state index contributed by atoms with van der Waals surface area (Å²) < 4.78 is 33.2. The second kappa shape index (κ2) is 20.7. The summed E-state index contributed by atoms with van der Waals surface area (Å²) in [6.07, 6.45) is 2.67. The highest BCUT2D eigenvalue weighted by Gasteiger charge is 2.53. The van der Waals surface area contributed by atoms with Crippen LogP contribution in [0.3, 0.4) is 0 Å². The van der Waals surface area contributed by atoms with Crippen LogP contribution in [0.25, 0.3) is 0 Å². The fourth-order valence-corrected chi connectivity index (χ4v) is 7.34. The van der Waals surface area contributed by atoms with Gasteiger partial charge >= 0.3 is 0 Å². The molecule has 56 heavy (non-hydrogen) atoms. The van der Waals surface area contributed by atoms with Crippen molar-refractivity contribution in [3.63, 3.8) is 0 Å². The first-order chi connectivity index (χ1) is 27.3. The zero-order chi connectivity index (χ0) is 39.2. The van der Waals surface area contributed by atoms with Gasteiger partial charge in [-0.25, -0.2) is 0 Å². The molecule has 294 valence electrons. The first-order valence-corrected chi connectivity index (χ1v) is 20.0. The van der Waals surface area contributed by atoms with E-state index in [-0.39, 0.29) is 0 Å². The summed E-state index contributed by atoms with van der Waals surface area (Å²) in [5.41, 5.74) is 7.83. The number of unbranched alkanes of at least 4 members (excludes halogenated alkanes) is 1. The second-order valence-corrected chi connectivity index (χ2v) is 15.4. The molecule has 0 saturated carbocycles. The van der Waals surface area contributed by atoms with Crippen LogP contribution in [0, 0.1) is 6.92 Å². The Kier molecular flexibility index (Phi) is 15.2. The van der Waals surface area contributed by atoms with E-state index in [0.717, 1.165) is 54.5 Å². The first kappa shape index (κ1) is 41.2. The molecular weight excluding hydrogens is 697 g/mol. The first-order valence-electron chi connectivity index (χ1n) is 20.0. The molecule has 1 aliphatic heterocycles. The summed E-state index contributed by atoms with van der Waals surface area (Å²) in [5.74, 6) is 0. The quantitative estimate of drug-likeness (QED) is 0.0631. The van der Waals surface area contributed by atoms with Gasteiger partial charge in [0.1, 0.15) is 30.5 Å². The van der Waals surface area contributed by atoms with Gasteiger partial charge in [0.15, 0.2) is 0 Å². The van der Waals surface area contributed by atoms with Crippen LogP contribution >= 0.6 is 0 Å². The Bertz CT molecular complexity index is 1890. The van der Waals surface area contributed by atoms with Crippen LogP contribution in [0.4, 0.5) is 0 Å². The number of benzene rings is 5. The standard InChI is InChI=1S/C50H58O6/c1-5-30-52-31-16-15-17-38-25-27-39(28-26-38)32-44-33-43(29-24-37(44)2)45-46(53-34-40-18-9-6-10-19-40)47(54-35-41-20-11-7-12-21-41)48(49(56-45)50(3,4)51)55-36-42-22-13-8-14-23-42/h5-14,18-29,33,45-49,51H,1,15-17,30-32,34-36H2,2-4H3/t45?,46-,47?,48-,49?/m0/s1. The third-order valence-corrected chi connectivity index (χ3v) is 10.4. The molecule has 1 N–H and O–H groups in total. The zero-order valence-corrected chi connectivity index (χ0v) is 33.2. The van der Waals surface area contributed by atoms with Crippen LogP contribution in [-0.2, 0) is 56.3 Å². The number of hydrogen-bond acceptors (Lipinski definition) is 6. The van der Waals surface area contributed by atoms with Gasteiger partial charge in [0, 0.05) is 6.61 Å². The van der Waals surface area contributed by atoms with Crippen molar-refractivity contribution in [2.24, 2.45) is 0 Å². The third kappa shape index (κ3) is 11.8. The Morgan fingerprint density at radius 1 is 0.643 bits per heavy atom. The van der Waals surface area contributed by atoms with Gasteiger partial charge in [0.2, 0.25) is 0 Å². The lowest BCUT2D eigenvalue weighted by atomic mass is 9.83. The van der Waals surface area contributed by atoms with Gasteiger partial charge < -0.3 is 28.8 Å². The van der Waals surface area contributed by atoms with Crippen LogP contribution in [0.15, 0.2) is 146 Å². The summed E-state index contributed by atoms with van der Waals surface area (Å²) >= 11 is 0. The maximum Gasteiger partial charge on any atom is 0.117 e. The highest BCUT2D eigenvalue weighted by Crippen LogP contribution is 2.42. The van der Waals surface area contributed by atoms with Gasteiger partial charge in [-0.1, -0.05) is 140 Å². The molecule has 5 atom stereocenters. The van der Waals surface area contributed by atoms with Gasteiger partial charge in [-0.2, -0.15) is 0 Å². The smallest absolute Gasteiger partial charge is 0.117 e. The van der Waals surface area contributed by atoms with Crippen LogP contribution in [0.2, 0.25) is 0 Å². The van der Waals surface area contributed by atoms with E-state index in [9.17, 15) is 5.11 Å². The minimum absolute atomic E-state index is 0.334. The van der Waals surface area contributed by atoms with Crippen molar-refractivity contribution in [3.8, 4) is 0 Å². The van der Waals surface area contributed by atoms with E-state index in [0.29, 0.717) is 26.4 Å². The largest absolute Gasteiger partial charge is 0.388 e. The Morgan fingerprint density at radius 3 is 1.73 bits per heavy atom. The number of rotatable bonds is 20. The molecular formula is C50H58O6. The topological polar surface area (TPSA) is 66.4 Å². The Labute approximate surface area is 334 Å². The lowest BCUT2D eigenvalue weighted by Gasteiger charge is -2.49. The van der Waals surface area contributed by atoms with E-state index in [1.165, 1.54) is 22.3 Å². The van der Waals surface area contributed by atoms with Crippen LogP contribution < -0.4 is 0 Å². The SMILES string of the molecule is C=CCOCCCCc1ccc(Cc2cc(C3OC(C(C)(C)O)[C@@H](OCc4ccccc4)C(OCc4ccccc4)[C@H]3OCc3ccccc3)ccc2C)cc1. The molecule has 6 heteroatoms.